The fourth-order valence-electron chi connectivity index (χ4n) is 0.970. The zero-order valence-electron chi connectivity index (χ0n) is 6.56. The van der Waals surface area contributed by atoms with Crippen LogP contribution in [-0.2, 0) is 6.42 Å². The summed E-state index contributed by atoms with van der Waals surface area (Å²) in [4.78, 5) is 0. The highest BCUT2D eigenvalue weighted by atomic mass is 35.5. The first kappa shape index (κ1) is 9.85. The lowest BCUT2D eigenvalue weighted by molar-refractivity contribution is 0.807. The molecule has 12 heavy (non-hydrogen) atoms. The summed E-state index contributed by atoms with van der Waals surface area (Å²) in [6, 6.07) is 5.26. The van der Waals surface area contributed by atoms with Crippen LogP contribution < -0.4 is 5.73 Å². The average Bonchev–Trinajstić information content (AvgIpc) is 1.94. The second-order valence-corrected chi connectivity index (χ2v) is 3.54. The largest absolute Gasteiger partial charge is 0.327 e. The molecule has 0 saturated heterocycles. The van der Waals surface area contributed by atoms with Crippen LogP contribution in [0.5, 0.6) is 0 Å². The first-order chi connectivity index (χ1) is 5.59. The molecular weight excluding hydrogens is 193 g/mol. The molecule has 0 aliphatic heterocycles. The van der Waals surface area contributed by atoms with E-state index in [4.69, 9.17) is 28.9 Å². The van der Waals surface area contributed by atoms with E-state index in [0.717, 1.165) is 5.56 Å². The first-order valence-corrected chi connectivity index (χ1v) is 4.38. The van der Waals surface area contributed by atoms with Gasteiger partial charge in [0.2, 0.25) is 0 Å². The van der Waals surface area contributed by atoms with Crippen LogP contribution in [0, 0.1) is 6.92 Å². The summed E-state index contributed by atoms with van der Waals surface area (Å²) < 4.78 is 0. The van der Waals surface area contributed by atoms with Crippen molar-refractivity contribution >= 4 is 23.2 Å². The van der Waals surface area contributed by atoms with Crippen LogP contribution in [-0.4, -0.2) is 6.04 Å². The van der Waals surface area contributed by atoms with Gasteiger partial charge in [-0.1, -0.05) is 29.3 Å². The Kier molecular flexibility index (Phi) is 3.39. The maximum absolute atomic E-state index is 5.91. The molecule has 1 aromatic carbocycles. The van der Waals surface area contributed by atoms with E-state index in [2.05, 4.69) is 6.92 Å². The Morgan fingerprint density at radius 1 is 1.42 bits per heavy atom. The van der Waals surface area contributed by atoms with Crippen LogP contribution in [0.25, 0.3) is 0 Å². The summed E-state index contributed by atoms with van der Waals surface area (Å²) in [5.74, 6) is 0. The highest BCUT2D eigenvalue weighted by Gasteiger charge is 2.03. The molecule has 0 spiro atoms. The lowest BCUT2D eigenvalue weighted by Crippen LogP contribution is -2.18. The van der Waals surface area contributed by atoms with Gasteiger partial charge in [-0.25, -0.2) is 0 Å². The summed E-state index contributed by atoms with van der Waals surface area (Å²) in [5, 5.41) is 1.29. The molecule has 0 aliphatic rings. The smallest absolute Gasteiger partial charge is 0.0453 e. The van der Waals surface area contributed by atoms with Crippen molar-refractivity contribution in [1.82, 2.24) is 0 Å². The topological polar surface area (TPSA) is 26.0 Å². The van der Waals surface area contributed by atoms with Crippen molar-refractivity contribution in [2.75, 3.05) is 0 Å². The van der Waals surface area contributed by atoms with Crippen molar-refractivity contribution in [3.63, 3.8) is 0 Å². The lowest BCUT2D eigenvalue weighted by atomic mass is 10.1. The Morgan fingerprint density at radius 3 is 2.58 bits per heavy atom. The maximum atomic E-state index is 5.91. The molecule has 1 nitrogen and oxygen atoms in total. The third-order valence-electron chi connectivity index (χ3n) is 1.50. The molecule has 0 bridgehead atoms. The van der Waals surface area contributed by atoms with E-state index in [1.165, 1.54) is 0 Å². The lowest BCUT2D eigenvalue weighted by Gasteiger charge is -2.06. The standard InChI is InChI=1S/C9H10Cl2N/c1-6(12)4-7-2-3-8(10)5-9(7)11/h2-3,5-6H,1,4,12H2/t6-/m1/s1. The van der Waals surface area contributed by atoms with Gasteiger partial charge in [0.25, 0.3) is 0 Å². The zero-order valence-corrected chi connectivity index (χ0v) is 8.07. The Hall–Kier alpha value is -0.240. The molecule has 0 fully saturated rings. The molecule has 1 radical (unpaired) electrons. The molecule has 0 unspecified atom stereocenters. The summed E-state index contributed by atoms with van der Waals surface area (Å²) in [5.41, 5.74) is 6.52. The molecule has 2 N–H and O–H groups in total. The van der Waals surface area contributed by atoms with E-state index >= 15 is 0 Å². The summed E-state index contributed by atoms with van der Waals surface area (Å²) >= 11 is 11.6. The van der Waals surface area contributed by atoms with E-state index in [9.17, 15) is 0 Å². The Morgan fingerprint density at radius 2 is 2.08 bits per heavy atom. The predicted octanol–water partition coefficient (Wildman–Crippen LogP) is 2.70. The average molecular weight is 203 g/mol. The molecule has 0 heterocycles. The van der Waals surface area contributed by atoms with Gasteiger partial charge in [-0.05, 0) is 31.0 Å². The minimum absolute atomic E-state index is 0.122. The van der Waals surface area contributed by atoms with Gasteiger partial charge >= 0.3 is 0 Å². The highest BCUT2D eigenvalue weighted by molar-refractivity contribution is 6.35. The van der Waals surface area contributed by atoms with Gasteiger partial charge < -0.3 is 5.73 Å². The predicted molar refractivity (Wildman–Crippen MR) is 53.5 cm³/mol. The van der Waals surface area contributed by atoms with E-state index in [0.29, 0.717) is 16.5 Å². The maximum Gasteiger partial charge on any atom is 0.0453 e. The Bertz CT molecular complexity index is 271. The van der Waals surface area contributed by atoms with Gasteiger partial charge in [0, 0.05) is 16.1 Å². The molecule has 0 aliphatic carbocycles. The zero-order chi connectivity index (χ0) is 9.14. The van der Waals surface area contributed by atoms with Crippen molar-refractivity contribution in [3.05, 3.63) is 40.7 Å². The quantitative estimate of drug-likeness (QED) is 0.785. The molecule has 0 amide bonds. The van der Waals surface area contributed by atoms with Gasteiger partial charge in [0.15, 0.2) is 0 Å². The van der Waals surface area contributed by atoms with Crippen molar-refractivity contribution < 1.29 is 0 Å². The third-order valence-corrected chi connectivity index (χ3v) is 2.08. The first-order valence-electron chi connectivity index (χ1n) is 3.62. The van der Waals surface area contributed by atoms with Gasteiger partial charge in [-0.3, -0.25) is 0 Å². The normalized spacial score (nSPS) is 13.0. The minimum atomic E-state index is -0.122. The van der Waals surface area contributed by atoms with Crippen LogP contribution in [0.15, 0.2) is 18.2 Å². The second kappa shape index (κ2) is 4.13. The molecule has 65 valence electrons. The number of hydrogen-bond donors (Lipinski definition) is 1. The summed E-state index contributed by atoms with van der Waals surface area (Å²) in [6.07, 6.45) is 0.677. The summed E-state index contributed by atoms with van der Waals surface area (Å²) in [6.45, 7) is 3.68. The number of benzene rings is 1. The van der Waals surface area contributed by atoms with Gasteiger partial charge in [-0.15, -0.1) is 0 Å². The van der Waals surface area contributed by atoms with E-state index in [1.54, 1.807) is 12.1 Å². The van der Waals surface area contributed by atoms with Crippen LogP contribution in [0.4, 0.5) is 0 Å². The van der Waals surface area contributed by atoms with Crippen molar-refractivity contribution in [2.45, 2.75) is 12.5 Å². The monoisotopic (exact) mass is 202 g/mol. The molecule has 0 aromatic heterocycles. The van der Waals surface area contributed by atoms with E-state index in [1.807, 2.05) is 6.07 Å². The number of rotatable bonds is 2. The van der Waals surface area contributed by atoms with Crippen LogP contribution in [0.1, 0.15) is 5.56 Å². The van der Waals surface area contributed by atoms with Crippen molar-refractivity contribution in [2.24, 2.45) is 5.73 Å². The minimum Gasteiger partial charge on any atom is -0.327 e. The number of halogens is 2. The van der Waals surface area contributed by atoms with Crippen LogP contribution in [0.3, 0.4) is 0 Å². The molecule has 0 saturated carbocycles. The van der Waals surface area contributed by atoms with E-state index < -0.39 is 0 Å². The highest BCUT2D eigenvalue weighted by Crippen LogP contribution is 2.21. The second-order valence-electron chi connectivity index (χ2n) is 2.70. The SMILES string of the molecule is [CH2][C@@H](N)Cc1ccc(Cl)cc1Cl. The number of nitrogens with two attached hydrogens (primary N) is 1. The van der Waals surface area contributed by atoms with Crippen molar-refractivity contribution in [3.8, 4) is 0 Å². The van der Waals surface area contributed by atoms with Gasteiger partial charge in [0.1, 0.15) is 0 Å². The molecule has 1 atom stereocenters. The summed E-state index contributed by atoms with van der Waals surface area (Å²) in [7, 11) is 0. The van der Waals surface area contributed by atoms with Crippen LogP contribution >= 0.6 is 23.2 Å². The number of hydrogen-bond acceptors (Lipinski definition) is 1. The van der Waals surface area contributed by atoms with E-state index in [-0.39, 0.29) is 6.04 Å². The Balaban J connectivity index is 2.86. The molecule has 1 aromatic rings. The Labute approximate surface area is 82.5 Å². The van der Waals surface area contributed by atoms with Crippen molar-refractivity contribution in [1.29, 1.82) is 0 Å². The molecular formula is C9H10Cl2N. The molecule has 3 heteroatoms. The fourth-order valence-corrected chi connectivity index (χ4v) is 1.46. The van der Waals surface area contributed by atoms with Gasteiger partial charge in [0.05, 0.1) is 0 Å². The third kappa shape index (κ3) is 2.67. The molecule has 1 rings (SSSR count). The van der Waals surface area contributed by atoms with Gasteiger partial charge in [-0.2, -0.15) is 0 Å². The van der Waals surface area contributed by atoms with Crippen LogP contribution in [0.2, 0.25) is 10.0 Å². The fraction of sp³-hybridized carbons (Fsp3) is 0.222.